The molecule has 2 heterocycles. The van der Waals surface area contributed by atoms with Crippen molar-refractivity contribution < 1.29 is 19.1 Å². The highest BCUT2D eigenvalue weighted by molar-refractivity contribution is 9.10. The average Bonchev–Trinajstić information content (AvgIpc) is 3.47. The van der Waals surface area contributed by atoms with Crippen LogP contribution in [-0.2, 0) is 16.1 Å². The number of hydrogen-bond donors (Lipinski definition) is 3. The number of aromatic nitrogens is 2. The highest BCUT2D eigenvalue weighted by atomic mass is 79.9. The number of rotatable bonds is 7. The number of hydrogen-bond acceptors (Lipinski definition) is 6. The third-order valence-corrected chi connectivity index (χ3v) is 7.14. The Morgan fingerprint density at radius 3 is 2.64 bits per heavy atom. The van der Waals surface area contributed by atoms with Crippen molar-refractivity contribution in [3.63, 3.8) is 0 Å². The molecule has 0 saturated heterocycles. The Bertz CT molecular complexity index is 1500. The first-order valence-corrected chi connectivity index (χ1v) is 12.6. The molecule has 184 valence electrons. The first kappa shape index (κ1) is 25.3. The van der Waals surface area contributed by atoms with Crippen LogP contribution in [0.15, 0.2) is 58.8 Å². The number of nitrogens with one attached hydrogen (secondary N) is 3. The minimum Gasteiger partial charge on any atom is -0.464 e. The fourth-order valence-electron chi connectivity index (χ4n) is 3.68. The van der Waals surface area contributed by atoms with Crippen LogP contribution in [0.3, 0.4) is 0 Å². The van der Waals surface area contributed by atoms with E-state index in [0.29, 0.717) is 16.6 Å². The summed E-state index contributed by atoms with van der Waals surface area (Å²) in [4.78, 5) is 46.2. The SMILES string of the molecule is COC(=O)/C(=C/c1sc(C)nc1C)NC(=O)c1ccc(C(=O)NCc2cccc3[nH]ccc23)cc1Br. The maximum absolute atomic E-state index is 13.0. The van der Waals surface area contributed by atoms with E-state index in [9.17, 15) is 14.4 Å². The summed E-state index contributed by atoms with van der Waals surface area (Å²) >= 11 is 4.78. The summed E-state index contributed by atoms with van der Waals surface area (Å²) in [6, 6.07) is 12.5. The van der Waals surface area contributed by atoms with Gasteiger partial charge in [-0.3, -0.25) is 9.59 Å². The topological polar surface area (TPSA) is 113 Å². The van der Waals surface area contributed by atoms with Crippen LogP contribution in [0.1, 0.15) is 41.9 Å². The lowest BCUT2D eigenvalue weighted by molar-refractivity contribution is -0.136. The number of H-pyrrole nitrogens is 1. The lowest BCUT2D eigenvalue weighted by Gasteiger charge is -2.11. The number of benzene rings is 2. The van der Waals surface area contributed by atoms with Crippen molar-refractivity contribution >= 4 is 62.0 Å². The molecule has 2 amide bonds. The first-order valence-electron chi connectivity index (χ1n) is 10.9. The molecule has 4 aromatic rings. The highest BCUT2D eigenvalue weighted by Gasteiger charge is 2.19. The van der Waals surface area contributed by atoms with Gasteiger partial charge in [-0.1, -0.05) is 12.1 Å². The van der Waals surface area contributed by atoms with Gasteiger partial charge in [0.25, 0.3) is 11.8 Å². The summed E-state index contributed by atoms with van der Waals surface area (Å²) in [5, 5.41) is 7.41. The molecule has 2 aromatic heterocycles. The summed E-state index contributed by atoms with van der Waals surface area (Å²) in [6.07, 6.45) is 3.40. The molecule has 10 heteroatoms. The summed E-state index contributed by atoms with van der Waals surface area (Å²) in [5.74, 6) is -1.48. The Kier molecular flexibility index (Phi) is 7.66. The largest absolute Gasteiger partial charge is 0.464 e. The minimum absolute atomic E-state index is 0.0121. The molecule has 36 heavy (non-hydrogen) atoms. The minimum atomic E-state index is -0.682. The molecule has 0 fully saturated rings. The van der Waals surface area contributed by atoms with Gasteiger partial charge >= 0.3 is 5.97 Å². The van der Waals surface area contributed by atoms with Crippen molar-refractivity contribution in [2.75, 3.05) is 7.11 Å². The molecule has 0 atom stereocenters. The summed E-state index contributed by atoms with van der Waals surface area (Å²) in [7, 11) is 1.24. The molecule has 2 aromatic carbocycles. The number of carbonyl (C=O) groups is 3. The van der Waals surface area contributed by atoms with Crippen LogP contribution in [0, 0.1) is 13.8 Å². The van der Waals surface area contributed by atoms with Gasteiger partial charge in [0.15, 0.2) is 0 Å². The van der Waals surface area contributed by atoms with Gasteiger partial charge in [0.1, 0.15) is 5.70 Å². The molecule has 0 radical (unpaired) electrons. The monoisotopic (exact) mass is 566 g/mol. The molecular formula is C26H23BrN4O4S. The summed E-state index contributed by atoms with van der Waals surface area (Å²) < 4.78 is 5.24. The van der Waals surface area contributed by atoms with Crippen LogP contribution < -0.4 is 10.6 Å². The molecule has 0 aliphatic heterocycles. The van der Waals surface area contributed by atoms with Gasteiger partial charge < -0.3 is 20.4 Å². The Morgan fingerprint density at radius 1 is 1.14 bits per heavy atom. The molecule has 0 spiro atoms. The second-order valence-electron chi connectivity index (χ2n) is 7.92. The lowest BCUT2D eigenvalue weighted by atomic mass is 10.1. The predicted molar refractivity (Wildman–Crippen MR) is 143 cm³/mol. The smallest absolute Gasteiger partial charge is 0.354 e. The number of halogens is 1. The normalized spacial score (nSPS) is 11.4. The van der Waals surface area contributed by atoms with E-state index < -0.39 is 11.9 Å². The fourth-order valence-corrected chi connectivity index (χ4v) is 5.11. The van der Waals surface area contributed by atoms with Crippen LogP contribution >= 0.6 is 27.3 Å². The Hall–Kier alpha value is -3.76. The van der Waals surface area contributed by atoms with E-state index in [1.807, 2.05) is 44.3 Å². The van der Waals surface area contributed by atoms with E-state index in [1.165, 1.54) is 24.5 Å². The maximum Gasteiger partial charge on any atom is 0.354 e. The van der Waals surface area contributed by atoms with Gasteiger partial charge in [0.05, 0.1) is 28.3 Å². The van der Waals surface area contributed by atoms with Gasteiger partial charge in [-0.25, -0.2) is 9.78 Å². The van der Waals surface area contributed by atoms with Gasteiger partial charge in [-0.2, -0.15) is 0 Å². The molecule has 0 bridgehead atoms. The standard InChI is InChI=1S/C26H23BrN4O4S/c1-14-23(36-15(2)30-14)12-22(26(34)35-3)31-25(33)19-8-7-16(11-20(19)27)24(32)29-13-17-5-4-6-21-18(17)9-10-28-21/h4-12,28H,13H2,1-3H3,(H,29,32)(H,31,33)/b22-12-. The van der Waals surface area contributed by atoms with E-state index in [2.05, 4.69) is 36.5 Å². The first-order chi connectivity index (χ1) is 17.3. The van der Waals surface area contributed by atoms with Crippen LogP contribution in [0.2, 0.25) is 0 Å². The van der Waals surface area contributed by atoms with Crippen LogP contribution in [0.25, 0.3) is 17.0 Å². The van der Waals surface area contributed by atoms with E-state index in [-0.39, 0.29) is 17.2 Å². The van der Waals surface area contributed by atoms with E-state index >= 15 is 0 Å². The quantitative estimate of drug-likeness (QED) is 0.218. The number of aryl methyl sites for hydroxylation is 2. The van der Waals surface area contributed by atoms with Crippen molar-refractivity contribution in [3.8, 4) is 0 Å². The molecule has 0 aliphatic rings. The zero-order valence-electron chi connectivity index (χ0n) is 19.8. The van der Waals surface area contributed by atoms with E-state index in [4.69, 9.17) is 4.74 Å². The third-order valence-electron chi connectivity index (χ3n) is 5.47. The van der Waals surface area contributed by atoms with Crippen molar-refractivity contribution in [2.45, 2.75) is 20.4 Å². The molecule has 0 aliphatic carbocycles. The Balaban J connectivity index is 1.48. The van der Waals surface area contributed by atoms with Gasteiger partial charge in [-0.05, 0) is 71.7 Å². The van der Waals surface area contributed by atoms with Gasteiger partial charge in [-0.15, -0.1) is 11.3 Å². The number of fused-ring (bicyclic) bond motifs is 1. The number of methoxy groups -OCH3 is 1. The lowest BCUT2D eigenvalue weighted by Crippen LogP contribution is -2.28. The van der Waals surface area contributed by atoms with Crippen LogP contribution in [-0.4, -0.2) is 34.9 Å². The zero-order chi connectivity index (χ0) is 25.8. The number of carbonyl (C=O) groups excluding carboxylic acids is 3. The van der Waals surface area contributed by atoms with Gasteiger partial charge in [0, 0.05) is 33.7 Å². The van der Waals surface area contributed by atoms with Crippen LogP contribution in [0.4, 0.5) is 0 Å². The molecule has 3 N–H and O–H groups in total. The summed E-state index contributed by atoms with van der Waals surface area (Å²) in [6.45, 7) is 4.05. The van der Waals surface area contributed by atoms with Crippen molar-refractivity contribution in [2.24, 2.45) is 0 Å². The third kappa shape index (κ3) is 5.55. The van der Waals surface area contributed by atoms with Crippen molar-refractivity contribution in [1.29, 1.82) is 0 Å². The van der Waals surface area contributed by atoms with E-state index in [0.717, 1.165) is 32.0 Å². The van der Waals surface area contributed by atoms with E-state index in [1.54, 1.807) is 18.2 Å². The molecule has 4 rings (SSSR count). The number of thiazole rings is 1. The number of amides is 2. The van der Waals surface area contributed by atoms with Crippen LogP contribution in [0.5, 0.6) is 0 Å². The highest BCUT2D eigenvalue weighted by Crippen LogP contribution is 2.23. The second-order valence-corrected chi connectivity index (χ2v) is 10.0. The number of ether oxygens (including phenoxy) is 1. The summed E-state index contributed by atoms with van der Waals surface area (Å²) in [5.41, 5.74) is 3.38. The number of esters is 1. The Labute approximate surface area is 219 Å². The fraction of sp³-hybridized carbons (Fsp3) is 0.154. The second kappa shape index (κ2) is 10.9. The number of nitrogens with zero attached hydrogens (tertiary/aromatic N) is 1. The molecule has 0 saturated carbocycles. The zero-order valence-corrected chi connectivity index (χ0v) is 22.2. The average molecular weight is 567 g/mol. The molecule has 8 nitrogen and oxygen atoms in total. The Morgan fingerprint density at radius 2 is 1.94 bits per heavy atom. The van der Waals surface area contributed by atoms with Crippen molar-refractivity contribution in [3.05, 3.63) is 91.1 Å². The number of aromatic amines is 1. The predicted octanol–water partition coefficient (Wildman–Crippen LogP) is 4.88. The van der Waals surface area contributed by atoms with Crippen molar-refractivity contribution in [1.82, 2.24) is 20.6 Å². The molecular weight excluding hydrogens is 544 g/mol. The molecule has 0 unspecified atom stereocenters. The maximum atomic E-state index is 13.0. The van der Waals surface area contributed by atoms with Gasteiger partial charge in [0.2, 0.25) is 0 Å².